The van der Waals surface area contributed by atoms with Crippen molar-refractivity contribution in [3.8, 4) is 0 Å². The summed E-state index contributed by atoms with van der Waals surface area (Å²) in [6, 6.07) is 0. The van der Waals surface area contributed by atoms with Gasteiger partial charge in [0.1, 0.15) is 22.4 Å². The molecule has 0 aliphatic heterocycles. The van der Waals surface area contributed by atoms with Crippen LogP contribution in [-0.2, 0) is 25.5 Å². The molecule has 0 aliphatic carbocycles. The van der Waals surface area contributed by atoms with E-state index in [2.05, 4.69) is 45.2 Å². The number of aryl methyl sites for hydroxylation is 1. The Morgan fingerprint density at radius 1 is 0.420 bits per heavy atom. The molecule has 0 radical (unpaired) electrons. The van der Waals surface area contributed by atoms with Gasteiger partial charge in [0, 0.05) is 58.9 Å². The molecule has 0 aromatic carbocycles. The van der Waals surface area contributed by atoms with Crippen LogP contribution in [0, 0.1) is 5.92 Å². The van der Waals surface area contributed by atoms with Crippen LogP contribution in [0.4, 0.5) is 25.0 Å². The Hall–Kier alpha value is -4.02. The van der Waals surface area contributed by atoms with E-state index in [4.69, 9.17) is 18.9 Å². The fourth-order valence-electron chi connectivity index (χ4n) is 10.8. The van der Waals surface area contributed by atoms with Gasteiger partial charge < -0.3 is 44.8 Å². The number of ether oxygens (including phenoxy) is 4. The van der Waals surface area contributed by atoms with Gasteiger partial charge in [0.2, 0.25) is 0 Å². The number of carbonyl (C=O) groups is 4. The van der Waals surface area contributed by atoms with E-state index in [9.17, 15) is 19.2 Å². The summed E-state index contributed by atoms with van der Waals surface area (Å²) in [5.41, 5.74) is 0.954. The van der Waals surface area contributed by atoms with E-state index in [1.54, 1.807) is 9.80 Å². The molecule has 17 nitrogen and oxygen atoms in total. The lowest BCUT2D eigenvalue weighted by atomic mass is 10.0. The lowest BCUT2D eigenvalue weighted by Crippen LogP contribution is -2.45. The number of alkyl carbamates (subject to hydrolysis) is 2. The second-order valence-electron chi connectivity index (χ2n) is 29.4. The number of hydrogen-bond acceptors (Lipinski definition) is 12. The first-order chi connectivity index (χ1) is 41.8. The highest BCUT2D eigenvalue weighted by atomic mass is 16.6. The van der Waals surface area contributed by atoms with Crippen LogP contribution in [0.1, 0.15) is 335 Å². The summed E-state index contributed by atoms with van der Waals surface area (Å²) in [4.78, 5) is 56.5. The molecule has 0 atom stereocenters. The summed E-state index contributed by atoms with van der Waals surface area (Å²) in [6.07, 6.45) is 46.2. The van der Waals surface area contributed by atoms with Crippen molar-refractivity contribution in [2.75, 3.05) is 57.8 Å². The molecule has 4 amide bonds. The number of amides is 4. The Bertz CT molecular complexity index is 1770. The predicted molar refractivity (Wildman–Crippen MR) is 365 cm³/mol. The van der Waals surface area contributed by atoms with Crippen molar-refractivity contribution in [3.63, 3.8) is 0 Å². The third-order valence-electron chi connectivity index (χ3n) is 15.4. The van der Waals surface area contributed by atoms with Crippen molar-refractivity contribution in [2.45, 2.75) is 363 Å². The van der Waals surface area contributed by atoms with Crippen molar-refractivity contribution in [1.29, 1.82) is 0 Å². The first-order valence-electron chi connectivity index (χ1n) is 36.1. The number of carbonyl (C=O) groups excluding carboxylic acids is 4. The number of unbranched alkanes of at least 4 members (excludes halogenated alkanes) is 32. The van der Waals surface area contributed by atoms with Crippen LogP contribution in [0.3, 0.4) is 0 Å². The number of hydrogen-bond donors (Lipinski definition) is 3. The lowest BCUT2D eigenvalue weighted by Gasteiger charge is -2.34. The normalized spacial score (nSPS) is 12.2. The van der Waals surface area contributed by atoms with Gasteiger partial charge in [0.25, 0.3) is 0 Å². The van der Waals surface area contributed by atoms with Crippen LogP contribution in [0.15, 0.2) is 6.20 Å². The average molecular weight is 1250 g/mol. The van der Waals surface area contributed by atoms with Crippen LogP contribution in [0.25, 0.3) is 0 Å². The van der Waals surface area contributed by atoms with Gasteiger partial charge in [0.05, 0.1) is 6.20 Å². The molecular formula is C71H139N9O8. The summed E-state index contributed by atoms with van der Waals surface area (Å²) in [7, 11) is 0. The topological polar surface area (TPSA) is 182 Å². The monoisotopic (exact) mass is 1250 g/mol. The van der Waals surface area contributed by atoms with Gasteiger partial charge in [-0.2, -0.15) is 0 Å². The third kappa shape index (κ3) is 51.7. The summed E-state index contributed by atoms with van der Waals surface area (Å²) in [5, 5.41) is 17.3. The summed E-state index contributed by atoms with van der Waals surface area (Å²) in [6.45, 7) is 31.1. The van der Waals surface area contributed by atoms with Crippen LogP contribution < -0.4 is 16.1 Å². The van der Waals surface area contributed by atoms with E-state index < -0.39 is 46.8 Å². The fourth-order valence-corrected chi connectivity index (χ4v) is 10.8. The molecule has 0 spiro atoms. The fraction of sp³-hybridized carbons (Fsp3) is 0.915. The lowest BCUT2D eigenvalue weighted by molar-refractivity contribution is 0.0132. The molecule has 1 heterocycles. The van der Waals surface area contributed by atoms with Gasteiger partial charge in [-0.25, -0.2) is 24.2 Å². The summed E-state index contributed by atoms with van der Waals surface area (Å²) in [5.74, 6) is 0.469. The molecule has 17 heteroatoms. The van der Waals surface area contributed by atoms with Gasteiger partial charge in [-0.3, -0.25) is 4.68 Å². The molecule has 3 N–H and O–H groups in total. The molecule has 516 valence electrons. The highest BCUT2D eigenvalue weighted by molar-refractivity contribution is 5.69. The molecule has 1 aromatic rings. The molecule has 0 saturated carbocycles. The molecule has 0 unspecified atom stereocenters. The predicted octanol–water partition coefficient (Wildman–Crippen LogP) is 19.5. The van der Waals surface area contributed by atoms with Gasteiger partial charge >= 0.3 is 24.4 Å². The van der Waals surface area contributed by atoms with Crippen molar-refractivity contribution in [2.24, 2.45) is 5.92 Å². The quantitative estimate of drug-likeness (QED) is 0.0319. The van der Waals surface area contributed by atoms with E-state index >= 15 is 0 Å². The Morgan fingerprint density at radius 2 is 0.716 bits per heavy atom. The molecule has 0 saturated heterocycles. The standard InChI is InChI=1S/C71H139N9O8/c1-15-17-19-21-23-25-27-29-31-33-35-37-39-41-43-47-56-79(57-48-44-42-40-38-36-34-32-30-28-26-24-22-20-18-16-2)75-63-61-80(76-74-63)58-51-62(59-77(66(83)87-70(9,10)11)54-49-45-52-72-64(81)85-68(3,4)5)60-78(67(84)88-71(12,13)14)55-50-46-53-73-65(82)86-69(6,7)8/h61-62,75H,15-60H2,1-14H3,(H,72,81)(H,73,82). The average Bonchev–Trinajstić information content (AvgIpc) is 3.99. The molecule has 1 aromatic heterocycles. The molecule has 88 heavy (non-hydrogen) atoms. The smallest absolute Gasteiger partial charge is 0.410 e. The zero-order valence-corrected chi connectivity index (χ0v) is 59.6. The van der Waals surface area contributed by atoms with E-state index in [1.165, 1.54) is 193 Å². The number of rotatable bonds is 53. The maximum Gasteiger partial charge on any atom is 0.410 e. The number of hydrazine groups is 1. The van der Waals surface area contributed by atoms with Gasteiger partial charge in [-0.15, -0.1) is 5.10 Å². The first-order valence-corrected chi connectivity index (χ1v) is 36.1. The Kier molecular flexibility index (Phi) is 46.3. The second kappa shape index (κ2) is 49.7. The minimum Gasteiger partial charge on any atom is -0.444 e. The summed E-state index contributed by atoms with van der Waals surface area (Å²) < 4.78 is 24.7. The number of anilines is 1. The van der Waals surface area contributed by atoms with Crippen LogP contribution in [0.5, 0.6) is 0 Å². The molecule has 0 fully saturated rings. The van der Waals surface area contributed by atoms with Crippen molar-refractivity contribution >= 4 is 30.2 Å². The summed E-state index contributed by atoms with van der Waals surface area (Å²) >= 11 is 0. The number of nitrogens with one attached hydrogen (secondary N) is 3. The molecular weight excluding hydrogens is 1110 g/mol. The van der Waals surface area contributed by atoms with Crippen LogP contribution in [-0.4, -0.2) is 129 Å². The van der Waals surface area contributed by atoms with E-state index in [1.807, 2.05) is 94.0 Å². The first kappa shape index (κ1) is 82.0. The number of aromatic nitrogens is 3. The largest absolute Gasteiger partial charge is 0.444 e. The Morgan fingerprint density at radius 3 is 1.02 bits per heavy atom. The van der Waals surface area contributed by atoms with Gasteiger partial charge in [-0.05, 0) is 134 Å². The van der Waals surface area contributed by atoms with Gasteiger partial charge in [-0.1, -0.05) is 212 Å². The Balaban J connectivity index is 3.20. The van der Waals surface area contributed by atoms with Crippen LogP contribution in [0.2, 0.25) is 0 Å². The van der Waals surface area contributed by atoms with Crippen molar-refractivity contribution in [3.05, 3.63) is 6.20 Å². The maximum absolute atomic E-state index is 14.1. The highest BCUT2D eigenvalue weighted by Crippen LogP contribution is 2.21. The van der Waals surface area contributed by atoms with Crippen LogP contribution >= 0.6 is 0 Å². The SMILES string of the molecule is CCCCCCCCCCCCCCCCCCN(CCCCCCCCCCCCCCCCCC)Nc1cn(CCC(CN(CCCCNC(=O)OC(C)(C)C)C(=O)OC(C)(C)C)CN(CCCCNC(=O)OC(C)(C)C)C(=O)OC(C)(C)C)nn1. The highest BCUT2D eigenvalue weighted by Gasteiger charge is 2.29. The van der Waals surface area contributed by atoms with Crippen molar-refractivity contribution in [1.82, 2.24) is 40.4 Å². The number of nitrogens with zero attached hydrogens (tertiary/aromatic N) is 6. The van der Waals surface area contributed by atoms with E-state index in [-0.39, 0.29) is 5.92 Å². The molecule has 1 rings (SSSR count). The van der Waals surface area contributed by atoms with E-state index in [0.717, 1.165) is 25.9 Å². The molecule has 0 aliphatic rings. The minimum atomic E-state index is -0.741. The van der Waals surface area contributed by atoms with Crippen molar-refractivity contribution < 1.29 is 38.1 Å². The molecule has 0 bridgehead atoms. The van der Waals surface area contributed by atoms with E-state index in [0.29, 0.717) is 83.7 Å². The Labute approximate surface area is 539 Å². The second-order valence-corrected chi connectivity index (χ2v) is 29.4. The van der Waals surface area contributed by atoms with Gasteiger partial charge in [0.15, 0.2) is 5.82 Å². The minimum absolute atomic E-state index is 0.235. The third-order valence-corrected chi connectivity index (χ3v) is 15.4. The maximum atomic E-state index is 14.1. The zero-order chi connectivity index (χ0) is 65.4. The zero-order valence-electron chi connectivity index (χ0n) is 59.6.